The van der Waals surface area contributed by atoms with E-state index in [-0.39, 0.29) is 25.4 Å². The molecule has 198 valence electrons. The van der Waals surface area contributed by atoms with Gasteiger partial charge in [-0.1, -0.05) is 5.16 Å². The van der Waals surface area contributed by atoms with Gasteiger partial charge in [-0.3, -0.25) is 9.10 Å². The summed E-state index contributed by atoms with van der Waals surface area (Å²) in [6.45, 7) is 3.62. The zero-order valence-electron chi connectivity index (χ0n) is 21.0. The highest BCUT2D eigenvalue weighted by Gasteiger charge is 2.22. The van der Waals surface area contributed by atoms with Crippen molar-refractivity contribution in [3.05, 3.63) is 48.4 Å². The van der Waals surface area contributed by atoms with E-state index in [1.807, 2.05) is 31.2 Å². The summed E-state index contributed by atoms with van der Waals surface area (Å²) in [7, 11) is -1.93. The Labute approximate surface area is 216 Å². The smallest absolute Gasteiger partial charge is 0.246 e. The number of ether oxygens (including phenoxy) is 3. The van der Waals surface area contributed by atoms with Crippen LogP contribution in [0.3, 0.4) is 0 Å². The lowest BCUT2D eigenvalue weighted by Gasteiger charge is -2.25. The lowest BCUT2D eigenvalue weighted by Crippen LogP contribution is -2.32. The second kappa shape index (κ2) is 11.5. The van der Waals surface area contributed by atoms with Crippen LogP contribution in [-0.4, -0.2) is 69.0 Å². The Morgan fingerprint density at radius 2 is 1.81 bits per heavy atom. The van der Waals surface area contributed by atoms with Crippen LogP contribution in [-0.2, 0) is 21.4 Å². The van der Waals surface area contributed by atoms with Gasteiger partial charge in [-0.25, -0.2) is 8.42 Å². The van der Waals surface area contributed by atoms with Gasteiger partial charge in [0.25, 0.3) is 0 Å². The molecule has 37 heavy (non-hydrogen) atoms. The van der Waals surface area contributed by atoms with Crippen molar-refractivity contribution in [2.24, 2.45) is 0 Å². The topological polar surface area (TPSA) is 124 Å². The molecule has 3 aromatic rings. The summed E-state index contributed by atoms with van der Waals surface area (Å²) in [5.41, 5.74) is 1.23. The number of amides is 1. The minimum atomic E-state index is -3.57. The van der Waals surface area contributed by atoms with Crippen molar-refractivity contribution < 1.29 is 31.9 Å². The van der Waals surface area contributed by atoms with E-state index in [0.29, 0.717) is 55.1 Å². The molecular formula is C25H30N4O7S. The predicted octanol–water partition coefficient (Wildman–Crippen LogP) is 3.11. The number of hydrogen-bond donors (Lipinski definition) is 0. The largest absolute Gasteiger partial charge is 0.494 e. The number of fused-ring (bicyclic) bond motifs is 1. The molecular weight excluding hydrogens is 500 g/mol. The maximum absolute atomic E-state index is 12.7. The molecule has 0 N–H and O–H groups in total. The first-order chi connectivity index (χ1) is 17.7. The molecule has 4 rings (SSSR count). The summed E-state index contributed by atoms with van der Waals surface area (Å²) >= 11 is 0. The number of nitrogens with zero attached hydrogens (tertiary/aromatic N) is 4. The third kappa shape index (κ3) is 6.70. The molecule has 2 aromatic carbocycles. The lowest BCUT2D eigenvalue weighted by atomic mass is 10.2. The fourth-order valence-electron chi connectivity index (χ4n) is 3.83. The van der Waals surface area contributed by atoms with Crippen LogP contribution in [0, 0.1) is 0 Å². The van der Waals surface area contributed by atoms with Crippen molar-refractivity contribution in [3.8, 4) is 28.6 Å². The Hall–Kier alpha value is -3.80. The van der Waals surface area contributed by atoms with Gasteiger partial charge in [0, 0.05) is 31.6 Å². The Morgan fingerprint density at radius 1 is 1.08 bits per heavy atom. The highest BCUT2D eigenvalue weighted by atomic mass is 32.2. The Bertz CT molecular complexity index is 1330. The van der Waals surface area contributed by atoms with E-state index in [9.17, 15) is 13.2 Å². The zero-order valence-corrected chi connectivity index (χ0v) is 21.9. The SMILES string of the molecule is CCOc1ccc(-c2noc(CN(C)C(=O)CCCN(c3ccc4c(c3)OCCO4)S(C)(=O)=O)n2)cc1. The van der Waals surface area contributed by atoms with E-state index in [4.69, 9.17) is 18.7 Å². The van der Waals surface area contributed by atoms with Crippen LogP contribution in [0.5, 0.6) is 17.2 Å². The number of carbonyl (C=O) groups excluding carboxylic acids is 1. The summed E-state index contributed by atoms with van der Waals surface area (Å²) in [5.74, 6) is 2.38. The fourth-order valence-corrected chi connectivity index (χ4v) is 4.79. The van der Waals surface area contributed by atoms with Gasteiger partial charge in [0.1, 0.15) is 19.0 Å². The van der Waals surface area contributed by atoms with Crippen LogP contribution in [0.2, 0.25) is 0 Å². The van der Waals surface area contributed by atoms with Gasteiger partial charge in [0.2, 0.25) is 27.6 Å². The molecule has 1 aliphatic rings. The molecule has 0 fully saturated rings. The molecule has 2 heterocycles. The number of rotatable bonds is 11. The maximum Gasteiger partial charge on any atom is 0.246 e. The number of benzene rings is 2. The minimum absolute atomic E-state index is 0.139. The molecule has 1 amide bonds. The molecule has 0 bridgehead atoms. The average Bonchev–Trinajstić information content (AvgIpc) is 3.34. The number of sulfonamides is 1. The normalized spacial score (nSPS) is 12.7. The van der Waals surface area contributed by atoms with Gasteiger partial charge in [-0.2, -0.15) is 4.98 Å². The van der Waals surface area contributed by atoms with Gasteiger partial charge < -0.3 is 23.6 Å². The number of aromatic nitrogens is 2. The second-order valence-corrected chi connectivity index (χ2v) is 10.4. The second-order valence-electron chi connectivity index (χ2n) is 8.49. The first kappa shape index (κ1) is 26.3. The van der Waals surface area contributed by atoms with Crippen LogP contribution in [0.25, 0.3) is 11.4 Å². The van der Waals surface area contributed by atoms with Crippen LogP contribution in [0.1, 0.15) is 25.7 Å². The van der Waals surface area contributed by atoms with Gasteiger partial charge in [-0.05, 0) is 49.7 Å². The van der Waals surface area contributed by atoms with E-state index in [2.05, 4.69) is 10.1 Å². The third-order valence-corrected chi connectivity index (χ3v) is 6.85. The molecule has 11 nitrogen and oxygen atoms in total. The van der Waals surface area contributed by atoms with Gasteiger partial charge in [0.15, 0.2) is 11.5 Å². The van der Waals surface area contributed by atoms with Gasteiger partial charge in [0.05, 0.1) is 25.1 Å². The van der Waals surface area contributed by atoms with E-state index >= 15 is 0 Å². The van der Waals surface area contributed by atoms with Crippen LogP contribution in [0.4, 0.5) is 5.69 Å². The van der Waals surface area contributed by atoms with Crippen molar-refractivity contribution in [3.63, 3.8) is 0 Å². The quantitative estimate of drug-likeness (QED) is 0.368. The molecule has 0 radical (unpaired) electrons. The molecule has 0 saturated carbocycles. The Balaban J connectivity index is 1.32. The molecule has 1 aliphatic heterocycles. The van der Waals surface area contributed by atoms with Crippen molar-refractivity contribution in [2.45, 2.75) is 26.3 Å². The van der Waals surface area contributed by atoms with Crippen molar-refractivity contribution in [1.29, 1.82) is 0 Å². The maximum atomic E-state index is 12.7. The summed E-state index contributed by atoms with van der Waals surface area (Å²) in [6.07, 6.45) is 1.61. The standard InChI is InChI=1S/C25H30N4O7S/c1-4-33-20-10-7-18(8-11-20)25-26-23(36-27-25)17-28(2)24(30)6-5-13-29(37(3,31)32)19-9-12-21-22(16-19)35-15-14-34-21/h7-12,16H,4-6,13-15,17H2,1-3H3. The Kier molecular flexibility index (Phi) is 8.17. The predicted molar refractivity (Wildman–Crippen MR) is 136 cm³/mol. The van der Waals surface area contributed by atoms with Crippen molar-refractivity contribution in [2.75, 3.05) is 44.0 Å². The minimum Gasteiger partial charge on any atom is -0.494 e. The monoisotopic (exact) mass is 530 g/mol. The number of carbonyl (C=O) groups is 1. The molecule has 12 heteroatoms. The number of anilines is 1. The van der Waals surface area contributed by atoms with E-state index < -0.39 is 10.0 Å². The van der Waals surface area contributed by atoms with Crippen LogP contribution >= 0.6 is 0 Å². The zero-order chi connectivity index (χ0) is 26.4. The third-order valence-electron chi connectivity index (χ3n) is 5.66. The van der Waals surface area contributed by atoms with Gasteiger partial charge in [-0.15, -0.1) is 0 Å². The van der Waals surface area contributed by atoms with E-state index in [1.165, 1.54) is 9.21 Å². The van der Waals surface area contributed by atoms with Crippen LogP contribution in [0.15, 0.2) is 47.0 Å². The highest BCUT2D eigenvalue weighted by molar-refractivity contribution is 7.92. The highest BCUT2D eigenvalue weighted by Crippen LogP contribution is 2.34. The molecule has 0 unspecified atom stereocenters. The average molecular weight is 531 g/mol. The first-order valence-electron chi connectivity index (χ1n) is 11.9. The summed E-state index contributed by atoms with van der Waals surface area (Å²) < 4.78 is 48.0. The van der Waals surface area contributed by atoms with Crippen LogP contribution < -0.4 is 18.5 Å². The molecule has 1 aromatic heterocycles. The molecule has 0 aliphatic carbocycles. The number of hydrogen-bond acceptors (Lipinski definition) is 9. The summed E-state index contributed by atoms with van der Waals surface area (Å²) in [5, 5.41) is 3.99. The molecule has 0 atom stereocenters. The lowest BCUT2D eigenvalue weighted by molar-refractivity contribution is -0.130. The molecule has 0 spiro atoms. The fraction of sp³-hybridized carbons (Fsp3) is 0.400. The summed E-state index contributed by atoms with van der Waals surface area (Å²) in [4.78, 5) is 18.5. The summed E-state index contributed by atoms with van der Waals surface area (Å²) in [6, 6.07) is 12.3. The van der Waals surface area contributed by atoms with Gasteiger partial charge >= 0.3 is 0 Å². The molecule has 0 saturated heterocycles. The first-order valence-corrected chi connectivity index (χ1v) is 13.8. The van der Waals surface area contributed by atoms with Crippen molar-refractivity contribution in [1.82, 2.24) is 15.0 Å². The van der Waals surface area contributed by atoms with E-state index in [1.54, 1.807) is 25.2 Å². The Morgan fingerprint density at radius 3 is 2.51 bits per heavy atom. The van der Waals surface area contributed by atoms with E-state index in [0.717, 1.165) is 17.6 Å². The van der Waals surface area contributed by atoms with Crippen molar-refractivity contribution >= 4 is 21.6 Å².